The molecule has 0 radical (unpaired) electrons. The third-order valence-corrected chi connectivity index (χ3v) is 12.4. The Balaban J connectivity index is 1.07. The van der Waals surface area contributed by atoms with Crippen LogP contribution in [0.1, 0.15) is 62.3 Å². The molecule has 3 aromatic carbocycles. The van der Waals surface area contributed by atoms with Crippen LogP contribution in [0.25, 0.3) is 6.08 Å². The van der Waals surface area contributed by atoms with Gasteiger partial charge >= 0.3 is 11.9 Å². The Hall–Kier alpha value is -4.63. The second-order valence-corrected chi connectivity index (χ2v) is 17.9. The number of ether oxygens (including phenoxy) is 6. The molecule has 8 rings (SSSR count). The summed E-state index contributed by atoms with van der Waals surface area (Å²) in [7, 11) is 0. The Morgan fingerprint density at radius 2 is 1.61 bits per heavy atom. The maximum atomic E-state index is 15.0. The monoisotopic (exact) mass is 888 g/mol. The van der Waals surface area contributed by atoms with E-state index in [9.17, 15) is 35.1 Å². The van der Waals surface area contributed by atoms with Gasteiger partial charge in [-0.2, -0.15) is 5.06 Å². The number of hydrogen-bond donors (Lipinski definition) is 6. The van der Waals surface area contributed by atoms with Crippen LogP contribution < -0.4 is 5.32 Å². The van der Waals surface area contributed by atoms with Crippen LogP contribution in [0.3, 0.4) is 0 Å². The van der Waals surface area contributed by atoms with Gasteiger partial charge in [-0.3, -0.25) is 19.2 Å². The number of aliphatic hydroxyl groups is 5. The van der Waals surface area contributed by atoms with E-state index in [4.69, 9.17) is 33.3 Å². The number of hydroxylamine groups is 2. The van der Waals surface area contributed by atoms with Gasteiger partial charge in [-0.1, -0.05) is 97.1 Å². The van der Waals surface area contributed by atoms with E-state index in [1.807, 2.05) is 84.9 Å². The summed E-state index contributed by atoms with van der Waals surface area (Å²) < 4.78 is 36.7. The molecule has 1 aliphatic carbocycles. The molecule has 4 saturated heterocycles. The predicted molar refractivity (Wildman–Crippen MR) is 224 cm³/mol. The zero-order valence-corrected chi connectivity index (χ0v) is 35.8. The van der Waals surface area contributed by atoms with E-state index < -0.39 is 115 Å². The zero-order valence-electron chi connectivity index (χ0n) is 35.8. The first-order valence-electron chi connectivity index (χ1n) is 21.6. The Kier molecular flexibility index (Phi) is 13.4. The summed E-state index contributed by atoms with van der Waals surface area (Å²) in [6, 6.07) is 24.0. The molecule has 12 unspecified atom stereocenters. The van der Waals surface area contributed by atoms with E-state index >= 15 is 4.79 Å². The van der Waals surface area contributed by atoms with Crippen molar-refractivity contribution in [1.29, 1.82) is 0 Å². The van der Waals surface area contributed by atoms with Gasteiger partial charge in [-0.25, -0.2) is 0 Å². The number of benzene rings is 3. The fourth-order valence-corrected chi connectivity index (χ4v) is 9.42. The predicted octanol–water partition coefficient (Wildman–Crippen LogP) is 1.60. The number of aliphatic hydroxyl groups excluding tert-OH is 5. The van der Waals surface area contributed by atoms with E-state index in [1.165, 1.54) is 5.06 Å². The number of carbonyl (C=O) groups is 3. The first-order chi connectivity index (χ1) is 30.7. The van der Waals surface area contributed by atoms with Gasteiger partial charge in [0.25, 0.3) is 0 Å². The minimum atomic E-state index is -1.59. The number of hydrogen-bond acceptors (Lipinski definition) is 16. The molecular formula is C47H56N2O15. The molecule has 0 spiro atoms. The molecule has 5 fully saturated rings. The van der Waals surface area contributed by atoms with Crippen molar-refractivity contribution in [2.24, 2.45) is 5.41 Å². The topological polar surface area (TPSA) is 232 Å². The molecular weight excluding hydrogens is 833 g/mol. The number of amides is 1. The van der Waals surface area contributed by atoms with Crippen molar-refractivity contribution in [3.63, 3.8) is 0 Å². The highest BCUT2D eigenvalue weighted by Gasteiger charge is 2.76. The summed E-state index contributed by atoms with van der Waals surface area (Å²) in [5.74, 6) is -3.20. The van der Waals surface area contributed by atoms with Gasteiger partial charge in [0.05, 0.1) is 32.4 Å². The Labute approximate surface area is 370 Å². The molecule has 17 nitrogen and oxygen atoms in total. The van der Waals surface area contributed by atoms with Crippen LogP contribution >= 0.6 is 0 Å². The number of carbonyl (C=O) groups excluding carboxylic acids is 3. The molecule has 1 amide bonds. The van der Waals surface area contributed by atoms with Gasteiger partial charge in [0.1, 0.15) is 59.8 Å². The second kappa shape index (κ2) is 18.7. The first-order valence-corrected chi connectivity index (χ1v) is 21.6. The second-order valence-electron chi connectivity index (χ2n) is 17.9. The van der Waals surface area contributed by atoms with Crippen LogP contribution in [0.15, 0.2) is 91.0 Å². The van der Waals surface area contributed by atoms with Gasteiger partial charge in [-0.15, -0.1) is 0 Å². The van der Waals surface area contributed by atoms with Gasteiger partial charge in [-0.05, 0) is 38.3 Å². The number of fused-ring (bicyclic) bond motifs is 4. The SMILES string of the molecule is CC(C)(C)OC(=O)CCC(CO)NC(=O)C12CC3OC(=O)C1N(Cc1cccc(C=CCOC4OC(CO)C(O)C(O)C4O)c1)OC2C1OC(c2ccccc2)(c2ccccc2)OC31. The van der Waals surface area contributed by atoms with Crippen molar-refractivity contribution in [2.45, 2.75) is 125 Å². The summed E-state index contributed by atoms with van der Waals surface area (Å²) in [5, 5.41) is 54.9. The molecule has 6 N–H and O–H groups in total. The van der Waals surface area contributed by atoms with Crippen molar-refractivity contribution >= 4 is 23.9 Å². The van der Waals surface area contributed by atoms with E-state index in [2.05, 4.69) is 5.32 Å². The van der Waals surface area contributed by atoms with E-state index in [0.29, 0.717) is 16.7 Å². The van der Waals surface area contributed by atoms with Crippen molar-refractivity contribution in [2.75, 3.05) is 19.8 Å². The fraction of sp³-hybridized carbons (Fsp3) is 0.511. The number of nitrogens with one attached hydrogen (secondary N) is 1. The first kappa shape index (κ1) is 45.9. The Bertz CT molecular complexity index is 2110. The third-order valence-electron chi connectivity index (χ3n) is 12.4. The Morgan fingerprint density at radius 3 is 2.27 bits per heavy atom. The summed E-state index contributed by atoms with van der Waals surface area (Å²) in [6.07, 6.45) is -7.36. The lowest BCUT2D eigenvalue weighted by atomic mass is 9.62. The highest BCUT2D eigenvalue weighted by molar-refractivity contribution is 5.94. The average Bonchev–Trinajstić information content (AvgIpc) is 3.86. The molecule has 17 heteroatoms. The van der Waals surface area contributed by atoms with E-state index in [0.717, 1.165) is 5.56 Å². The smallest absolute Gasteiger partial charge is 0.327 e. The van der Waals surface area contributed by atoms with Crippen molar-refractivity contribution < 1.29 is 73.2 Å². The van der Waals surface area contributed by atoms with Gasteiger partial charge in [0.2, 0.25) is 11.7 Å². The van der Waals surface area contributed by atoms with Crippen LogP contribution in [0, 0.1) is 5.41 Å². The Morgan fingerprint density at radius 1 is 0.922 bits per heavy atom. The van der Waals surface area contributed by atoms with Crippen molar-refractivity contribution in [1.82, 2.24) is 10.4 Å². The summed E-state index contributed by atoms with van der Waals surface area (Å²) in [6.45, 7) is 4.17. The molecule has 5 aliphatic rings. The number of rotatable bonds is 15. The molecule has 4 heterocycles. The number of nitrogens with zero attached hydrogens (tertiary/aromatic N) is 1. The standard InChI is InChI=1S/C47H56N2O15/c1-45(2,3)61-34(52)20-19-31(25-50)48-44(57)46-23-32-38-39(63-47(62-38,29-15-6-4-7-16-29)30-17-8-5-9-18-30)41(46)64-49(40(46)42(56)59-32)24-28-13-10-12-27(22-28)14-11-21-58-43-37(55)36(54)35(53)33(26-51)60-43/h4-18,22,31-33,35-41,43,50-51,53-55H,19-21,23-26H2,1-3H3,(H,48,57). The summed E-state index contributed by atoms with van der Waals surface area (Å²) in [4.78, 5) is 48.9. The highest BCUT2D eigenvalue weighted by atomic mass is 16.8. The summed E-state index contributed by atoms with van der Waals surface area (Å²) in [5.41, 5.74) is 0.495. The van der Waals surface area contributed by atoms with Crippen LogP contribution in [0.2, 0.25) is 0 Å². The minimum absolute atomic E-state index is 0.0159. The maximum absolute atomic E-state index is 15.0. The van der Waals surface area contributed by atoms with Gasteiger partial charge < -0.3 is 59.3 Å². The lowest BCUT2D eigenvalue weighted by Crippen LogP contribution is -2.70. The minimum Gasteiger partial charge on any atom is -0.460 e. The normalized spacial score (nSPS) is 32.5. The molecule has 2 bridgehead atoms. The van der Waals surface area contributed by atoms with Crippen LogP contribution in [-0.2, 0) is 60.0 Å². The molecule has 1 saturated carbocycles. The lowest BCUT2D eigenvalue weighted by Gasteiger charge is -2.49. The van der Waals surface area contributed by atoms with E-state index in [1.54, 1.807) is 32.9 Å². The molecule has 4 aliphatic heterocycles. The summed E-state index contributed by atoms with van der Waals surface area (Å²) >= 11 is 0. The third kappa shape index (κ3) is 8.87. The molecule has 0 aromatic heterocycles. The van der Waals surface area contributed by atoms with Crippen molar-refractivity contribution in [3.8, 4) is 0 Å². The zero-order chi connectivity index (χ0) is 45.4. The highest BCUT2D eigenvalue weighted by Crippen LogP contribution is 2.59. The van der Waals surface area contributed by atoms with Gasteiger partial charge in [0.15, 0.2) is 12.3 Å². The largest absolute Gasteiger partial charge is 0.460 e. The van der Waals surface area contributed by atoms with E-state index in [-0.39, 0.29) is 32.4 Å². The number of esters is 2. The van der Waals surface area contributed by atoms with Crippen LogP contribution in [-0.4, -0.2) is 141 Å². The quantitative estimate of drug-likeness (QED) is 0.119. The fourth-order valence-electron chi connectivity index (χ4n) is 9.42. The molecule has 12 atom stereocenters. The van der Waals surface area contributed by atoms with Gasteiger partial charge in [0, 0.05) is 24.0 Å². The average molecular weight is 889 g/mol. The maximum Gasteiger partial charge on any atom is 0.327 e. The van der Waals surface area contributed by atoms with Crippen molar-refractivity contribution in [3.05, 3.63) is 113 Å². The molecule has 344 valence electrons. The molecule has 64 heavy (non-hydrogen) atoms. The molecule has 3 aromatic rings. The van der Waals surface area contributed by atoms with Crippen LogP contribution in [0.5, 0.6) is 0 Å². The van der Waals surface area contributed by atoms with Crippen LogP contribution in [0.4, 0.5) is 0 Å². The lowest BCUT2D eigenvalue weighted by molar-refractivity contribution is -0.298.